The summed E-state index contributed by atoms with van der Waals surface area (Å²) < 4.78 is 19.6. The average Bonchev–Trinajstić information content (AvgIpc) is 2.53. The Labute approximate surface area is 135 Å². The molecule has 0 atom stereocenters. The molecule has 8 heteroatoms. The maximum absolute atomic E-state index is 11.9. The summed E-state index contributed by atoms with van der Waals surface area (Å²) in [6.45, 7) is 0. The number of benzene rings is 1. The van der Waals surface area contributed by atoms with Gasteiger partial charge in [-0.25, -0.2) is 4.79 Å². The summed E-state index contributed by atoms with van der Waals surface area (Å²) >= 11 is 3.22. The van der Waals surface area contributed by atoms with Gasteiger partial charge in [0.2, 0.25) is 0 Å². The molecule has 0 bridgehead atoms. The van der Waals surface area contributed by atoms with Crippen molar-refractivity contribution in [2.75, 3.05) is 28.4 Å². The number of rotatable bonds is 5. The smallest absolute Gasteiger partial charge is 0.341 e. The van der Waals surface area contributed by atoms with Crippen molar-refractivity contribution in [3.05, 3.63) is 27.7 Å². The van der Waals surface area contributed by atoms with Gasteiger partial charge in [-0.3, -0.25) is 9.59 Å². The van der Waals surface area contributed by atoms with Gasteiger partial charge in [0.25, 0.3) is 0 Å². The molecule has 120 valence electrons. The van der Waals surface area contributed by atoms with Gasteiger partial charge in [-0.2, -0.15) is 0 Å². The summed E-state index contributed by atoms with van der Waals surface area (Å²) in [7, 11) is 4.80. The molecule has 0 heterocycles. The highest BCUT2D eigenvalue weighted by atomic mass is 79.9. The molecule has 0 amide bonds. The van der Waals surface area contributed by atoms with Crippen LogP contribution in [0.2, 0.25) is 0 Å². The average molecular weight is 375 g/mol. The van der Waals surface area contributed by atoms with Crippen LogP contribution in [0.15, 0.2) is 16.6 Å². The lowest BCUT2D eigenvalue weighted by molar-refractivity contribution is -0.154. The Bertz CT molecular complexity index is 581. The molecule has 0 saturated carbocycles. The third-order valence-electron chi connectivity index (χ3n) is 2.88. The third-order valence-corrected chi connectivity index (χ3v) is 3.33. The first kappa shape index (κ1) is 18.0. The van der Waals surface area contributed by atoms with Gasteiger partial charge in [0, 0.05) is 10.0 Å². The van der Waals surface area contributed by atoms with Gasteiger partial charge in [-0.1, -0.05) is 15.9 Å². The third kappa shape index (κ3) is 3.56. The Hall–Kier alpha value is -2.09. The van der Waals surface area contributed by atoms with Gasteiger partial charge < -0.3 is 18.9 Å². The molecule has 1 rings (SSSR count). The highest BCUT2D eigenvalue weighted by Gasteiger charge is 2.35. The second kappa shape index (κ2) is 7.79. The molecule has 0 spiro atoms. The molecule has 22 heavy (non-hydrogen) atoms. The fourth-order valence-corrected chi connectivity index (χ4v) is 2.38. The minimum absolute atomic E-state index is 0.0378. The summed E-state index contributed by atoms with van der Waals surface area (Å²) in [5.74, 6) is -3.69. The summed E-state index contributed by atoms with van der Waals surface area (Å²) in [6, 6.07) is 2.93. The zero-order valence-electron chi connectivity index (χ0n) is 12.5. The van der Waals surface area contributed by atoms with E-state index in [4.69, 9.17) is 4.74 Å². The minimum Gasteiger partial charge on any atom is -0.496 e. The van der Waals surface area contributed by atoms with Crippen LogP contribution in [-0.2, 0) is 23.8 Å². The first-order valence-electron chi connectivity index (χ1n) is 6.02. The zero-order chi connectivity index (χ0) is 16.9. The first-order valence-corrected chi connectivity index (χ1v) is 6.81. The van der Waals surface area contributed by atoms with Crippen molar-refractivity contribution in [3.8, 4) is 5.75 Å². The largest absolute Gasteiger partial charge is 0.496 e. The number of hydrogen-bond donors (Lipinski definition) is 0. The topological polar surface area (TPSA) is 88.1 Å². The Morgan fingerprint density at radius 1 is 0.955 bits per heavy atom. The van der Waals surface area contributed by atoms with E-state index in [9.17, 15) is 14.4 Å². The van der Waals surface area contributed by atoms with Crippen LogP contribution >= 0.6 is 15.9 Å². The molecule has 0 aliphatic heterocycles. The number of ether oxygens (including phenoxy) is 4. The van der Waals surface area contributed by atoms with Gasteiger partial charge in [-0.05, 0) is 12.1 Å². The van der Waals surface area contributed by atoms with Crippen molar-refractivity contribution in [1.29, 1.82) is 0 Å². The number of esters is 3. The zero-order valence-corrected chi connectivity index (χ0v) is 14.1. The van der Waals surface area contributed by atoms with Crippen molar-refractivity contribution < 1.29 is 33.3 Å². The van der Waals surface area contributed by atoms with Crippen LogP contribution < -0.4 is 4.74 Å². The predicted molar refractivity (Wildman–Crippen MR) is 78.8 cm³/mol. The number of methoxy groups -OCH3 is 4. The van der Waals surface area contributed by atoms with Crippen LogP contribution in [-0.4, -0.2) is 46.3 Å². The van der Waals surface area contributed by atoms with E-state index in [0.29, 0.717) is 4.47 Å². The Morgan fingerprint density at radius 2 is 1.50 bits per heavy atom. The molecule has 0 fully saturated rings. The van der Waals surface area contributed by atoms with E-state index < -0.39 is 23.8 Å². The van der Waals surface area contributed by atoms with Crippen LogP contribution in [0, 0.1) is 0 Å². The molecule has 0 radical (unpaired) electrons. The van der Waals surface area contributed by atoms with E-state index in [2.05, 4.69) is 30.1 Å². The second-order valence-electron chi connectivity index (χ2n) is 4.05. The van der Waals surface area contributed by atoms with Crippen LogP contribution in [0.3, 0.4) is 0 Å². The Morgan fingerprint density at radius 3 is 1.91 bits per heavy atom. The summed E-state index contributed by atoms with van der Waals surface area (Å²) in [5, 5.41) is 0. The lowest BCUT2D eigenvalue weighted by atomic mass is 9.95. The van der Waals surface area contributed by atoms with E-state index in [1.807, 2.05) is 0 Å². The van der Waals surface area contributed by atoms with Crippen LogP contribution in [0.4, 0.5) is 0 Å². The highest BCUT2D eigenvalue weighted by Crippen LogP contribution is 2.35. The molecule has 0 unspecified atom stereocenters. The quantitative estimate of drug-likeness (QED) is 0.440. The second-order valence-corrected chi connectivity index (χ2v) is 4.96. The van der Waals surface area contributed by atoms with Crippen molar-refractivity contribution >= 4 is 33.8 Å². The van der Waals surface area contributed by atoms with Crippen molar-refractivity contribution in [1.82, 2.24) is 0 Å². The summed E-state index contributed by atoms with van der Waals surface area (Å²) in [5.41, 5.74) is 0.197. The molecular formula is C14H15BrO7. The van der Waals surface area contributed by atoms with E-state index in [1.54, 1.807) is 0 Å². The van der Waals surface area contributed by atoms with E-state index in [0.717, 1.165) is 14.2 Å². The molecule has 0 saturated heterocycles. The molecule has 7 nitrogen and oxygen atoms in total. The van der Waals surface area contributed by atoms with E-state index in [-0.39, 0.29) is 16.9 Å². The maximum atomic E-state index is 11.9. The van der Waals surface area contributed by atoms with Gasteiger partial charge >= 0.3 is 17.9 Å². The van der Waals surface area contributed by atoms with Crippen LogP contribution in [0.25, 0.3) is 0 Å². The Kier molecular flexibility index (Phi) is 6.36. The van der Waals surface area contributed by atoms with Crippen molar-refractivity contribution in [3.63, 3.8) is 0 Å². The molecule has 1 aromatic carbocycles. The molecule has 0 N–H and O–H groups in total. The Balaban J connectivity index is 3.61. The normalized spacial score (nSPS) is 10.1. The van der Waals surface area contributed by atoms with Crippen LogP contribution in [0.5, 0.6) is 5.75 Å². The summed E-state index contributed by atoms with van der Waals surface area (Å²) in [4.78, 5) is 35.7. The number of carbonyl (C=O) groups is 3. The number of halogens is 1. The van der Waals surface area contributed by atoms with E-state index in [1.165, 1.54) is 26.4 Å². The predicted octanol–water partition coefficient (Wildman–Crippen LogP) is 1.67. The van der Waals surface area contributed by atoms with Crippen molar-refractivity contribution in [2.24, 2.45) is 0 Å². The maximum Gasteiger partial charge on any atom is 0.341 e. The van der Waals surface area contributed by atoms with Gasteiger partial charge in [0.05, 0.1) is 28.4 Å². The molecular weight excluding hydrogens is 360 g/mol. The van der Waals surface area contributed by atoms with Crippen molar-refractivity contribution in [2.45, 2.75) is 5.92 Å². The lowest BCUT2D eigenvalue weighted by Crippen LogP contribution is -2.25. The summed E-state index contributed by atoms with van der Waals surface area (Å²) in [6.07, 6.45) is 0. The van der Waals surface area contributed by atoms with Crippen LogP contribution in [0.1, 0.15) is 21.8 Å². The molecule has 0 aliphatic carbocycles. The molecule has 1 aromatic rings. The van der Waals surface area contributed by atoms with Gasteiger partial charge in [0.1, 0.15) is 11.3 Å². The van der Waals surface area contributed by atoms with Gasteiger partial charge in [0.15, 0.2) is 5.92 Å². The monoisotopic (exact) mass is 374 g/mol. The SMILES string of the molecule is COC(=O)c1cc(Br)cc(C(C(=O)OC)C(=O)OC)c1OC. The number of hydrogen-bond acceptors (Lipinski definition) is 7. The highest BCUT2D eigenvalue weighted by molar-refractivity contribution is 9.10. The lowest BCUT2D eigenvalue weighted by Gasteiger charge is -2.18. The standard InChI is InChI=1S/C14H15BrO7/c1-19-11-8(10(13(17)21-3)14(18)22-4)5-7(15)6-9(11)12(16)20-2/h5-6,10H,1-4H3. The van der Waals surface area contributed by atoms with Gasteiger partial charge in [-0.15, -0.1) is 0 Å². The fourth-order valence-electron chi connectivity index (χ4n) is 1.90. The molecule has 0 aromatic heterocycles. The first-order chi connectivity index (χ1) is 10.4. The fraction of sp³-hybridized carbons (Fsp3) is 0.357. The molecule has 0 aliphatic rings. The van der Waals surface area contributed by atoms with E-state index >= 15 is 0 Å². The number of carbonyl (C=O) groups excluding carboxylic acids is 3. The minimum atomic E-state index is -1.38.